The number of aromatic nitrogens is 1. The van der Waals surface area contributed by atoms with Crippen LogP contribution in [0.5, 0.6) is 5.75 Å². The molecule has 1 N–H and O–H groups in total. The number of aryl methyl sites for hydroxylation is 1. The second kappa shape index (κ2) is 11.1. The highest BCUT2D eigenvalue weighted by Gasteiger charge is 2.31. The first-order valence-corrected chi connectivity index (χ1v) is 13.3. The number of hydrogen-bond donors (Lipinski definition) is 1. The van der Waals surface area contributed by atoms with Crippen molar-refractivity contribution < 1.29 is 18.7 Å². The van der Waals surface area contributed by atoms with Crippen molar-refractivity contribution >= 4 is 23.2 Å². The van der Waals surface area contributed by atoms with E-state index in [1.165, 1.54) is 30.4 Å². The normalized spacial score (nSPS) is 14.6. The fourth-order valence-electron chi connectivity index (χ4n) is 4.78. The molecule has 0 radical (unpaired) electrons. The van der Waals surface area contributed by atoms with Gasteiger partial charge in [-0.15, -0.1) is 11.3 Å². The summed E-state index contributed by atoms with van der Waals surface area (Å²) in [5, 5.41) is 5.31. The number of nitrogens with one attached hydrogen (secondary N) is 1. The largest absolute Gasteiger partial charge is 0.486 e. The van der Waals surface area contributed by atoms with Crippen LogP contribution in [0.25, 0.3) is 0 Å². The zero-order valence-electron chi connectivity index (χ0n) is 21.2. The van der Waals surface area contributed by atoms with Crippen molar-refractivity contribution in [3.8, 4) is 5.75 Å². The third-order valence-electron chi connectivity index (χ3n) is 6.60. The third kappa shape index (κ3) is 5.75. The number of nitrogens with zero attached hydrogens (tertiary/aromatic N) is 2. The van der Waals surface area contributed by atoms with Gasteiger partial charge in [0, 0.05) is 25.4 Å². The Bertz CT molecular complexity index is 1490. The molecule has 8 heteroatoms. The molecule has 6 nitrogen and oxygen atoms in total. The van der Waals surface area contributed by atoms with Crippen molar-refractivity contribution in [2.75, 3.05) is 6.54 Å². The topological polar surface area (TPSA) is 71.5 Å². The predicted octanol–water partition coefficient (Wildman–Crippen LogP) is 5.59. The summed E-state index contributed by atoms with van der Waals surface area (Å²) in [4.78, 5) is 31.2. The lowest BCUT2D eigenvalue weighted by Crippen LogP contribution is -2.39. The van der Waals surface area contributed by atoms with E-state index in [1.54, 1.807) is 16.3 Å². The van der Waals surface area contributed by atoms with Crippen molar-refractivity contribution in [3.05, 3.63) is 116 Å². The molecule has 0 aliphatic carbocycles. The van der Waals surface area contributed by atoms with Gasteiger partial charge >= 0.3 is 0 Å². The average molecular weight is 530 g/mol. The van der Waals surface area contributed by atoms with Crippen molar-refractivity contribution in [1.82, 2.24) is 15.2 Å². The van der Waals surface area contributed by atoms with E-state index in [-0.39, 0.29) is 30.3 Å². The van der Waals surface area contributed by atoms with Gasteiger partial charge in [0.15, 0.2) is 0 Å². The standard InChI is InChI=1S/C30H28FN3O3S/c1-19-5-3-6-21(13-19)16-32-30(36)27-18-38-28(33-27)17-37-25-10-9-22-11-12-34(20(2)35)29(26(22)15-25)23-7-4-8-24(31)14-23/h3-10,13-15,18,29H,11-12,16-17H2,1-2H3,(H,32,36). The quantitative estimate of drug-likeness (QED) is 0.339. The molecule has 0 spiro atoms. The van der Waals surface area contributed by atoms with Crippen molar-refractivity contribution in [2.45, 2.75) is 39.5 Å². The minimum absolute atomic E-state index is 0.0628. The molecule has 0 saturated heterocycles. The fourth-order valence-corrected chi connectivity index (χ4v) is 5.47. The van der Waals surface area contributed by atoms with Crippen LogP contribution in [0, 0.1) is 12.7 Å². The Morgan fingerprint density at radius 1 is 1.13 bits per heavy atom. The van der Waals surface area contributed by atoms with Crippen LogP contribution in [0.15, 0.2) is 72.1 Å². The molecule has 38 heavy (non-hydrogen) atoms. The van der Waals surface area contributed by atoms with E-state index in [0.717, 1.165) is 27.8 Å². The number of halogens is 1. The third-order valence-corrected chi connectivity index (χ3v) is 7.42. The van der Waals surface area contributed by atoms with Crippen LogP contribution in [0.2, 0.25) is 0 Å². The molecule has 1 unspecified atom stereocenters. The lowest BCUT2D eigenvalue weighted by atomic mass is 9.88. The van der Waals surface area contributed by atoms with Gasteiger partial charge in [0.05, 0.1) is 6.04 Å². The smallest absolute Gasteiger partial charge is 0.271 e. The highest BCUT2D eigenvalue weighted by atomic mass is 32.1. The zero-order chi connectivity index (χ0) is 26.6. The van der Waals surface area contributed by atoms with Gasteiger partial charge in [-0.2, -0.15) is 0 Å². The Kier molecular flexibility index (Phi) is 7.51. The number of carbonyl (C=O) groups excluding carboxylic acids is 2. The van der Waals surface area contributed by atoms with Crippen LogP contribution in [0.3, 0.4) is 0 Å². The van der Waals surface area contributed by atoms with Crippen LogP contribution in [0.1, 0.15) is 56.3 Å². The average Bonchev–Trinajstić information content (AvgIpc) is 3.39. The minimum Gasteiger partial charge on any atom is -0.486 e. The molecule has 2 amide bonds. The summed E-state index contributed by atoms with van der Waals surface area (Å²) in [6.45, 7) is 4.76. The van der Waals surface area contributed by atoms with Crippen LogP contribution < -0.4 is 10.1 Å². The molecule has 1 aromatic heterocycles. The Morgan fingerprint density at radius 3 is 2.76 bits per heavy atom. The monoisotopic (exact) mass is 529 g/mol. The molecule has 194 valence electrons. The SMILES string of the molecule is CC(=O)N1CCc2ccc(OCc3nc(C(=O)NCc4cccc(C)c4)cs3)cc2C1c1cccc(F)c1. The number of amides is 2. The Labute approximate surface area is 225 Å². The molecule has 1 aliphatic rings. The minimum atomic E-state index is -0.390. The van der Waals surface area contributed by atoms with E-state index in [0.29, 0.717) is 36.0 Å². The maximum Gasteiger partial charge on any atom is 0.271 e. The Morgan fingerprint density at radius 2 is 1.97 bits per heavy atom. The molecular formula is C30H28FN3O3S. The van der Waals surface area contributed by atoms with E-state index in [9.17, 15) is 14.0 Å². The number of carbonyl (C=O) groups is 2. The second-order valence-electron chi connectivity index (χ2n) is 9.37. The van der Waals surface area contributed by atoms with E-state index in [2.05, 4.69) is 10.3 Å². The first-order chi connectivity index (χ1) is 18.4. The molecule has 4 aromatic rings. The summed E-state index contributed by atoms with van der Waals surface area (Å²) in [5.74, 6) is -0.0125. The number of ether oxygens (including phenoxy) is 1. The summed E-state index contributed by atoms with van der Waals surface area (Å²) in [6.07, 6.45) is 0.717. The molecule has 3 aromatic carbocycles. The van der Waals surface area contributed by atoms with Gasteiger partial charge in [-0.3, -0.25) is 9.59 Å². The van der Waals surface area contributed by atoms with Crippen molar-refractivity contribution in [3.63, 3.8) is 0 Å². The van der Waals surface area contributed by atoms with Crippen molar-refractivity contribution in [2.24, 2.45) is 0 Å². The molecular weight excluding hydrogens is 501 g/mol. The molecule has 1 aliphatic heterocycles. The Hall–Kier alpha value is -4.04. The molecule has 2 heterocycles. The van der Waals surface area contributed by atoms with Gasteiger partial charge in [0.25, 0.3) is 5.91 Å². The van der Waals surface area contributed by atoms with E-state index >= 15 is 0 Å². The van der Waals surface area contributed by atoms with Crippen molar-refractivity contribution in [1.29, 1.82) is 0 Å². The number of thiazole rings is 1. The molecule has 0 fully saturated rings. The maximum atomic E-state index is 14.1. The van der Waals surface area contributed by atoms with Crippen LogP contribution in [0.4, 0.5) is 4.39 Å². The van der Waals surface area contributed by atoms with Gasteiger partial charge in [-0.25, -0.2) is 9.37 Å². The fraction of sp³-hybridized carbons (Fsp3) is 0.233. The zero-order valence-corrected chi connectivity index (χ0v) is 22.1. The lowest BCUT2D eigenvalue weighted by molar-refractivity contribution is -0.130. The first-order valence-electron chi connectivity index (χ1n) is 12.4. The van der Waals surface area contributed by atoms with Gasteiger partial charge in [0.1, 0.15) is 28.9 Å². The summed E-state index contributed by atoms with van der Waals surface area (Å²) in [7, 11) is 0. The van der Waals surface area contributed by atoms with Gasteiger partial charge in [-0.1, -0.05) is 48.0 Å². The van der Waals surface area contributed by atoms with Gasteiger partial charge < -0.3 is 15.0 Å². The number of hydrogen-bond acceptors (Lipinski definition) is 5. The highest BCUT2D eigenvalue weighted by Crippen LogP contribution is 2.37. The first kappa shape index (κ1) is 25.6. The number of fused-ring (bicyclic) bond motifs is 1. The summed E-state index contributed by atoms with van der Waals surface area (Å²) in [5.41, 5.74) is 5.28. The van der Waals surface area contributed by atoms with Crippen LogP contribution in [-0.4, -0.2) is 28.2 Å². The van der Waals surface area contributed by atoms with Gasteiger partial charge in [0.2, 0.25) is 5.91 Å². The van der Waals surface area contributed by atoms with Crippen LogP contribution >= 0.6 is 11.3 Å². The summed E-state index contributed by atoms with van der Waals surface area (Å²) >= 11 is 1.36. The summed E-state index contributed by atoms with van der Waals surface area (Å²) < 4.78 is 20.1. The van der Waals surface area contributed by atoms with E-state index < -0.39 is 0 Å². The number of benzene rings is 3. The van der Waals surface area contributed by atoms with E-state index in [1.807, 2.05) is 55.5 Å². The lowest BCUT2D eigenvalue weighted by Gasteiger charge is -2.37. The van der Waals surface area contributed by atoms with Crippen LogP contribution in [-0.2, 0) is 24.4 Å². The van der Waals surface area contributed by atoms with Gasteiger partial charge in [-0.05, 0) is 59.9 Å². The second-order valence-corrected chi connectivity index (χ2v) is 10.3. The molecule has 1 atom stereocenters. The summed E-state index contributed by atoms with van der Waals surface area (Å²) in [6, 6.07) is 19.8. The molecule has 0 bridgehead atoms. The molecule has 5 rings (SSSR count). The predicted molar refractivity (Wildman–Crippen MR) is 145 cm³/mol. The Balaban J connectivity index is 1.28. The maximum absolute atomic E-state index is 14.1. The highest BCUT2D eigenvalue weighted by molar-refractivity contribution is 7.09. The number of rotatable bonds is 7. The molecule has 0 saturated carbocycles. The van der Waals surface area contributed by atoms with E-state index in [4.69, 9.17) is 4.74 Å².